The number of carbonyl (C=O) groups is 1. The standard InChI is InChI=1S/C23H27N3O3S2/c1-14-15(2)31-21-20(14)22(28)26(17-9-5-6-10-17)23(25-21)30-13-19(27)24-12-16-8-4-7-11-18(16)29-3/h4,7-8,11,17H,5-6,9-10,12-13H2,1-3H3,(H,24,27). The summed E-state index contributed by atoms with van der Waals surface area (Å²) in [5.74, 6) is 0.867. The smallest absolute Gasteiger partial charge is 0.263 e. The van der Waals surface area contributed by atoms with Crippen molar-refractivity contribution in [3.05, 3.63) is 50.6 Å². The van der Waals surface area contributed by atoms with Gasteiger partial charge in [0.1, 0.15) is 10.6 Å². The number of nitrogens with one attached hydrogen (secondary N) is 1. The largest absolute Gasteiger partial charge is 0.496 e. The number of thiophene rings is 1. The minimum atomic E-state index is -0.0956. The minimum Gasteiger partial charge on any atom is -0.496 e. The monoisotopic (exact) mass is 457 g/mol. The number of methoxy groups -OCH3 is 1. The van der Waals surface area contributed by atoms with E-state index in [1.807, 2.05) is 42.7 Å². The zero-order chi connectivity index (χ0) is 22.0. The van der Waals surface area contributed by atoms with E-state index < -0.39 is 0 Å². The molecular formula is C23H27N3O3S2. The van der Waals surface area contributed by atoms with Gasteiger partial charge in [0.15, 0.2) is 5.16 Å². The number of aromatic nitrogens is 2. The van der Waals surface area contributed by atoms with Crippen LogP contribution in [0.4, 0.5) is 0 Å². The van der Waals surface area contributed by atoms with E-state index in [1.54, 1.807) is 18.4 Å². The van der Waals surface area contributed by atoms with Gasteiger partial charge in [0.05, 0.1) is 18.2 Å². The van der Waals surface area contributed by atoms with Crippen LogP contribution in [0, 0.1) is 13.8 Å². The fourth-order valence-corrected chi connectivity index (χ4v) is 6.06. The molecule has 3 aromatic rings. The molecular weight excluding hydrogens is 430 g/mol. The van der Waals surface area contributed by atoms with E-state index in [-0.39, 0.29) is 23.3 Å². The molecule has 0 atom stereocenters. The minimum absolute atomic E-state index is 0.0377. The Labute approximate surface area is 190 Å². The number of rotatable bonds is 7. The summed E-state index contributed by atoms with van der Waals surface area (Å²) in [4.78, 5) is 32.7. The van der Waals surface area contributed by atoms with E-state index in [1.165, 1.54) is 11.8 Å². The second kappa shape index (κ2) is 9.44. The molecule has 0 unspecified atom stereocenters. The third-order valence-electron chi connectivity index (χ3n) is 5.89. The van der Waals surface area contributed by atoms with Crippen molar-refractivity contribution in [3.63, 3.8) is 0 Å². The highest BCUT2D eigenvalue weighted by atomic mass is 32.2. The van der Waals surface area contributed by atoms with Crippen LogP contribution in [0.1, 0.15) is 47.7 Å². The molecule has 1 aliphatic rings. The third kappa shape index (κ3) is 4.50. The van der Waals surface area contributed by atoms with Crippen LogP contribution in [0.25, 0.3) is 10.2 Å². The van der Waals surface area contributed by atoms with Gasteiger partial charge in [-0.3, -0.25) is 14.2 Å². The van der Waals surface area contributed by atoms with Gasteiger partial charge in [-0.2, -0.15) is 0 Å². The van der Waals surface area contributed by atoms with Crippen molar-refractivity contribution < 1.29 is 9.53 Å². The first kappa shape index (κ1) is 21.9. The molecule has 6 nitrogen and oxygen atoms in total. The number of thioether (sulfide) groups is 1. The number of ether oxygens (including phenoxy) is 1. The van der Waals surface area contributed by atoms with Crippen molar-refractivity contribution in [1.82, 2.24) is 14.9 Å². The number of nitrogens with zero attached hydrogens (tertiary/aromatic N) is 2. The van der Waals surface area contributed by atoms with E-state index in [0.717, 1.165) is 57.7 Å². The fraction of sp³-hybridized carbons (Fsp3) is 0.435. The van der Waals surface area contributed by atoms with Gasteiger partial charge < -0.3 is 10.1 Å². The third-order valence-corrected chi connectivity index (χ3v) is 7.95. The Morgan fingerprint density at radius 3 is 2.77 bits per heavy atom. The number of benzene rings is 1. The van der Waals surface area contributed by atoms with Gasteiger partial charge in [-0.1, -0.05) is 42.8 Å². The van der Waals surface area contributed by atoms with Crippen LogP contribution in [-0.2, 0) is 11.3 Å². The Hall–Kier alpha value is -2.32. The molecule has 1 aromatic carbocycles. The SMILES string of the molecule is COc1ccccc1CNC(=O)CSc1nc2sc(C)c(C)c2c(=O)n1C1CCCC1. The number of para-hydroxylation sites is 1. The van der Waals surface area contributed by atoms with Crippen LogP contribution in [0.5, 0.6) is 5.75 Å². The lowest BCUT2D eigenvalue weighted by molar-refractivity contribution is -0.118. The molecule has 0 bridgehead atoms. The first-order chi connectivity index (χ1) is 15.0. The summed E-state index contributed by atoms with van der Waals surface area (Å²) < 4.78 is 7.20. The van der Waals surface area contributed by atoms with Crippen molar-refractivity contribution >= 4 is 39.2 Å². The second-order valence-corrected chi connectivity index (χ2v) is 9.99. The maximum atomic E-state index is 13.4. The van der Waals surface area contributed by atoms with Crippen LogP contribution < -0.4 is 15.6 Å². The van der Waals surface area contributed by atoms with Crippen molar-refractivity contribution in [2.75, 3.05) is 12.9 Å². The van der Waals surface area contributed by atoms with Crippen LogP contribution in [-0.4, -0.2) is 28.3 Å². The van der Waals surface area contributed by atoms with Gasteiger partial charge >= 0.3 is 0 Å². The molecule has 0 spiro atoms. The normalized spacial score (nSPS) is 14.3. The molecule has 1 fully saturated rings. The fourth-order valence-electron chi connectivity index (χ4n) is 4.10. The Balaban J connectivity index is 1.54. The van der Waals surface area contributed by atoms with E-state index >= 15 is 0 Å². The van der Waals surface area contributed by atoms with E-state index in [0.29, 0.717) is 11.7 Å². The number of amides is 1. The molecule has 31 heavy (non-hydrogen) atoms. The summed E-state index contributed by atoms with van der Waals surface area (Å²) in [5.41, 5.74) is 1.99. The summed E-state index contributed by atoms with van der Waals surface area (Å²) in [6.45, 7) is 4.42. The first-order valence-corrected chi connectivity index (χ1v) is 12.3. The predicted molar refractivity (Wildman–Crippen MR) is 126 cm³/mol. The zero-order valence-electron chi connectivity index (χ0n) is 18.1. The lowest BCUT2D eigenvalue weighted by Gasteiger charge is -2.18. The van der Waals surface area contributed by atoms with Gasteiger partial charge in [-0.05, 0) is 38.3 Å². The molecule has 8 heteroatoms. The quantitative estimate of drug-likeness (QED) is 0.414. The molecule has 0 radical (unpaired) electrons. The molecule has 164 valence electrons. The molecule has 2 aromatic heterocycles. The average molecular weight is 458 g/mol. The Morgan fingerprint density at radius 1 is 1.29 bits per heavy atom. The summed E-state index contributed by atoms with van der Waals surface area (Å²) >= 11 is 2.90. The van der Waals surface area contributed by atoms with Crippen LogP contribution in [0.3, 0.4) is 0 Å². The Morgan fingerprint density at radius 2 is 2.03 bits per heavy atom. The zero-order valence-corrected chi connectivity index (χ0v) is 19.7. The lowest BCUT2D eigenvalue weighted by atomic mass is 10.2. The summed E-state index contributed by atoms with van der Waals surface area (Å²) in [7, 11) is 1.62. The van der Waals surface area contributed by atoms with Gasteiger partial charge in [0, 0.05) is 23.0 Å². The van der Waals surface area contributed by atoms with Gasteiger partial charge in [-0.25, -0.2) is 4.98 Å². The molecule has 1 saturated carbocycles. The molecule has 0 saturated heterocycles. The highest BCUT2D eigenvalue weighted by Crippen LogP contribution is 2.34. The van der Waals surface area contributed by atoms with Crippen molar-refractivity contribution in [1.29, 1.82) is 0 Å². The van der Waals surface area contributed by atoms with Crippen molar-refractivity contribution in [2.24, 2.45) is 0 Å². The summed E-state index contributed by atoms with van der Waals surface area (Å²) in [6, 6.07) is 7.80. The molecule has 4 rings (SSSR count). The second-order valence-electron chi connectivity index (χ2n) is 7.85. The number of hydrogen-bond acceptors (Lipinski definition) is 6. The number of hydrogen-bond donors (Lipinski definition) is 1. The Bertz CT molecular complexity index is 1160. The van der Waals surface area contributed by atoms with Crippen molar-refractivity contribution in [3.8, 4) is 5.75 Å². The van der Waals surface area contributed by atoms with Crippen LogP contribution in [0.15, 0.2) is 34.2 Å². The topological polar surface area (TPSA) is 73.2 Å². The van der Waals surface area contributed by atoms with Crippen molar-refractivity contribution in [2.45, 2.75) is 57.3 Å². The number of fused-ring (bicyclic) bond motifs is 1. The molecule has 0 aliphatic heterocycles. The van der Waals surface area contributed by atoms with Crippen LogP contribution >= 0.6 is 23.1 Å². The van der Waals surface area contributed by atoms with Gasteiger partial charge in [0.2, 0.25) is 5.91 Å². The molecule has 2 heterocycles. The number of carbonyl (C=O) groups excluding carboxylic acids is 1. The summed E-state index contributed by atoms with van der Waals surface area (Å²) in [5, 5.41) is 4.33. The van der Waals surface area contributed by atoms with E-state index in [4.69, 9.17) is 9.72 Å². The average Bonchev–Trinajstić information content (AvgIpc) is 3.39. The molecule has 1 aliphatic carbocycles. The molecule has 1 amide bonds. The highest BCUT2D eigenvalue weighted by molar-refractivity contribution is 7.99. The van der Waals surface area contributed by atoms with E-state index in [9.17, 15) is 9.59 Å². The van der Waals surface area contributed by atoms with Gasteiger partial charge in [-0.15, -0.1) is 11.3 Å². The predicted octanol–water partition coefficient (Wildman–Crippen LogP) is 4.61. The lowest BCUT2D eigenvalue weighted by Crippen LogP contribution is -2.28. The highest BCUT2D eigenvalue weighted by Gasteiger charge is 2.25. The maximum absolute atomic E-state index is 13.4. The maximum Gasteiger partial charge on any atom is 0.263 e. The van der Waals surface area contributed by atoms with Crippen LogP contribution in [0.2, 0.25) is 0 Å². The molecule has 1 N–H and O–H groups in total. The van der Waals surface area contributed by atoms with Gasteiger partial charge in [0.25, 0.3) is 5.56 Å². The number of aryl methyl sites for hydroxylation is 2. The van der Waals surface area contributed by atoms with E-state index in [2.05, 4.69) is 5.32 Å². The Kier molecular flexibility index (Phi) is 6.67. The first-order valence-electron chi connectivity index (χ1n) is 10.5. The summed E-state index contributed by atoms with van der Waals surface area (Å²) in [6.07, 6.45) is 4.23.